The first-order valence-corrected chi connectivity index (χ1v) is 8.55. The van der Waals surface area contributed by atoms with Crippen LogP contribution in [0.25, 0.3) is 10.9 Å². The number of halogens is 1. The predicted octanol–water partition coefficient (Wildman–Crippen LogP) is 4.37. The number of rotatable bonds is 6. The van der Waals surface area contributed by atoms with Gasteiger partial charge in [-0.2, -0.15) is 4.98 Å². The molecule has 3 N–H and O–H groups in total. The Morgan fingerprint density at radius 1 is 1.21 bits per heavy atom. The fraction of sp³-hybridized carbons (Fsp3) is 0.235. The van der Waals surface area contributed by atoms with Gasteiger partial charge in [0, 0.05) is 22.6 Å². The lowest BCUT2D eigenvalue weighted by Gasteiger charge is -2.12. The summed E-state index contributed by atoms with van der Waals surface area (Å²) in [5.74, 6) is 1.50. The van der Waals surface area contributed by atoms with Gasteiger partial charge in [-0.05, 0) is 24.6 Å². The Bertz CT molecular complexity index is 856. The van der Waals surface area contributed by atoms with E-state index in [2.05, 4.69) is 43.1 Å². The first kappa shape index (κ1) is 16.4. The molecule has 6 nitrogen and oxygen atoms in total. The number of hydrogen-bond donors (Lipinski definition) is 2. The summed E-state index contributed by atoms with van der Waals surface area (Å²) in [6, 6.07) is 7.61. The Morgan fingerprint density at radius 3 is 2.92 bits per heavy atom. The van der Waals surface area contributed by atoms with Crippen LogP contribution in [0.3, 0.4) is 0 Å². The molecule has 0 radical (unpaired) electrons. The normalized spacial score (nSPS) is 10.8. The smallest absolute Gasteiger partial charge is 0.248 e. The van der Waals surface area contributed by atoms with E-state index in [0.717, 1.165) is 34.8 Å². The van der Waals surface area contributed by atoms with E-state index in [0.29, 0.717) is 23.1 Å². The largest absolute Gasteiger partial charge is 0.435 e. The third-order valence-corrected chi connectivity index (χ3v) is 4.25. The fourth-order valence-corrected chi connectivity index (χ4v) is 2.74. The number of nitrogen functional groups attached to an aromatic ring is 1. The van der Waals surface area contributed by atoms with E-state index in [9.17, 15) is 0 Å². The highest BCUT2D eigenvalue weighted by Gasteiger charge is 2.13. The number of hydrogen-bond acceptors (Lipinski definition) is 6. The molecule has 0 saturated carbocycles. The molecule has 0 aliphatic carbocycles. The van der Waals surface area contributed by atoms with Gasteiger partial charge in [0.15, 0.2) is 11.6 Å². The minimum Gasteiger partial charge on any atom is -0.435 e. The summed E-state index contributed by atoms with van der Waals surface area (Å²) in [5.41, 5.74) is 7.28. The van der Waals surface area contributed by atoms with E-state index in [4.69, 9.17) is 10.5 Å². The summed E-state index contributed by atoms with van der Waals surface area (Å²) >= 11 is 3.52. The average Bonchev–Trinajstić information content (AvgIpc) is 2.61. The van der Waals surface area contributed by atoms with Gasteiger partial charge in [-0.25, -0.2) is 4.98 Å². The standard InChI is InChI=1S/C17H18BrN5O/c1-2-3-8-21-16-14(19)17(23-10-22-16)24-13-7-6-12(18)11-5-4-9-20-15(11)13/h4-7,9-10H,2-3,8,19H2,1H3,(H,21,22,23). The molecular weight excluding hydrogens is 370 g/mol. The average molecular weight is 388 g/mol. The van der Waals surface area contributed by atoms with Gasteiger partial charge in [0.1, 0.15) is 17.5 Å². The predicted molar refractivity (Wildman–Crippen MR) is 99.4 cm³/mol. The van der Waals surface area contributed by atoms with Crippen LogP contribution >= 0.6 is 15.9 Å². The Kier molecular flexibility index (Phi) is 5.10. The second kappa shape index (κ2) is 7.44. The molecule has 0 aliphatic rings. The maximum absolute atomic E-state index is 6.15. The molecule has 0 spiro atoms. The molecule has 2 aromatic heterocycles. The molecule has 0 saturated heterocycles. The second-order valence-corrected chi connectivity index (χ2v) is 6.12. The summed E-state index contributed by atoms with van der Waals surface area (Å²) in [6.07, 6.45) is 5.30. The number of pyridine rings is 1. The van der Waals surface area contributed by atoms with E-state index >= 15 is 0 Å². The third-order valence-electron chi connectivity index (χ3n) is 3.56. The van der Waals surface area contributed by atoms with Gasteiger partial charge in [0.05, 0.1) is 0 Å². The van der Waals surface area contributed by atoms with Crippen LogP contribution in [0.5, 0.6) is 11.6 Å². The molecule has 0 bridgehead atoms. The van der Waals surface area contributed by atoms with Crippen molar-refractivity contribution in [1.29, 1.82) is 0 Å². The molecule has 0 unspecified atom stereocenters. The SMILES string of the molecule is CCCCNc1ncnc(Oc2ccc(Br)c3cccnc23)c1N. The zero-order chi connectivity index (χ0) is 16.9. The first-order valence-electron chi connectivity index (χ1n) is 7.76. The first-order chi connectivity index (χ1) is 11.7. The van der Waals surface area contributed by atoms with Crippen molar-refractivity contribution in [2.75, 3.05) is 17.6 Å². The molecule has 2 heterocycles. The number of benzene rings is 1. The van der Waals surface area contributed by atoms with Crippen molar-refractivity contribution in [3.63, 3.8) is 0 Å². The number of nitrogens with zero attached hydrogens (tertiary/aromatic N) is 3. The highest BCUT2D eigenvalue weighted by atomic mass is 79.9. The molecule has 124 valence electrons. The molecule has 24 heavy (non-hydrogen) atoms. The maximum atomic E-state index is 6.15. The van der Waals surface area contributed by atoms with Crippen LogP contribution in [0.1, 0.15) is 19.8 Å². The Balaban J connectivity index is 1.92. The van der Waals surface area contributed by atoms with Gasteiger partial charge in [-0.3, -0.25) is 4.98 Å². The van der Waals surface area contributed by atoms with Crippen molar-refractivity contribution in [3.05, 3.63) is 41.3 Å². The van der Waals surface area contributed by atoms with Crippen molar-refractivity contribution in [2.24, 2.45) is 0 Å². The summed E-state index contributed by atoms with van der Waals surface area (Å²) < 4.78 is 6.88. The van der Waals surface area contributed by atoms with Crippen molar-refractivity contribution in [3.8, 4) is 11.6 Å². The van der Waals surface area contributed by atoms with Gasteiger partial charge >= 0.3 is 0 Å². The van der Waals surface area contributed by atoms with Gasteiger partial charge in [0.2, 0.25) is 5.88 Å². The molecule has 0 fully saturated rings. The molecule has 3 rings (SSSR count). The van der Waals surface area contributed by atoms with E-state index in [1.807, 2.05) is 24.3 Å². The minimum atomic E-state index is 0.318. The number of ether oxygens (including phenoxy) is 1. The van der Waals surface area contributed by atoms with Crippen LogP contribution in [-0.4, -0.2) is 21.5 Å². The summed E-state index contributed by atoms with van der Waals surface area (Å²) in [7, 11) is 0. The van der Waals surface area contributed by atoms with Crippen LogP contribution < -0.4 is 15.8 Å². The van der Waals surface area contributed by atoms with Crippen LogP contribution in [0.15, 0.2) is 41.3 Å². The highest BCUT2D eigenvalue weighted by Crippen LogP contribution is 2.35. The van der Waals surface area contributed by atoms with Crippen molar-refractivity contribution < 1.29 is 4.74 Å². The number of anilines is 2. The highest BCUT2D eigenvalue weighted by molar-refractivity contribution is 9.10. The van der Waals surface area contributed by atoms with E-state index < -0.39 is 0 Å². The van der Waals surface area contributed by atoms with Crippen molar-refractivity contribution >= 4 is 38.3 Å². The molecule has 0 atom stereocenters. The van der Waals surface area contributed by atoms with Crippen LogP contribution in [0, 0.1) is 0 Å². The van der Waals surface area contributed by atoms with Gasteiger partial charge in [-0.15, -0.1) is 0 Å². The molecule has 3 aromatic rings. The Morgan fingerprint density at radius 2 is 2.08 bits per heavy atom. The van der Waals surface area contributed by atoms with Crippen molar-refractivity contribution in [1.82, 2.24) is 15.0 Å². The summed E-state index contributed by atoms with van der Waals surface area (Å²) in [6.45, 7) is 2.94. The lowest BCUT2D eigenvalue weighted by Crippen LogP contribution is -2.07. The zero-order valence-electron chi connectivity index (χ0n) is 13.3. The number of aromatic nitrogens is 3. The van der Waals surface area contributed by atoms with Crippen molar-refractivity contribution in [2.45, 2.75) is 19.8 Å². The van der Waals surface area contributed by atoms with Crippen LogP contribution in [-0.2, 0) is 0 Å². The van der Waals surface area contributed by atoms with E-state index in [1.165, 1.54) is 6.33 Å². The lowest BCUT2D eigenvalue weighted by atomic mass is 10.2. The number of nitrogens with two attached hydrogens (primary N) is 1. The summed E-state index contributed by atoms with van der Waals surface area (Å²) in [5, 5.41) is 4.17. The van der Waals surface area contributed by atoms with Crippen LogP contribution in [0.4, 0.5) is 11.5 Å². The second-order valence-electron chi connectivity index (χ2n) is 5.27. The van der Waals surface area contributed by atoms with Gasteiger partial charge in [-0.1, -0.05) is 35.3 Å². The topological polar surface area (TPSA) is 86.0 Å². The quantitative estimate of drug-likeness (QED) is 0.610. The zero-order valence-corrected chi connectivity index (χ0v) is 14.9. The van der Waals surface area contributed by atoms with E-state index in [1.54, 1.807) is 6.20 Å². The summed E-state index contributed by atoms with van der Waals surface area (Å²) in [4.78, 5) is 12.7. The lowest BCUT2D eigenvalue weighted by molar-refractivity contribution is 0.468. The third kappa shape index (κ3) is 3.41. The Hall–Kier alpha value is -2.41. The molecular formula is C17H18BrN5O. The van der Waals surface area contributed by atoms with Crippen LogP contribution in [0.2, 0.25) is 0 Å². The van der Waals surface area contributed by atoms with Gasteiger partial charge < -0.3 is 15.8 Å². The molecule has 0 aliphatic heterocycles. The molecule has 1 aromatic carbocycles. The Labute approximate surface area is 148 Å². The monoisotopic (exact) mass is 387 g/mol. The maximum Gasteiger partial charge on any atom is 0.248 e. The minimum absolute atomic E-state index is 0.318. The van der Waals surface area contributed by atoms with Gasteiger partial charge in [0.25, 0.3) is 0 Å². The number of nitrogens with one attached hydrogen (secondary N) is 1. The number of unbranched alkanes of at least 4 members (excludes halogenated alkanes) is 1. The molecule has 7 heteroatoms. The van der Waals surface area contributed by atoms with E-state index in [-0.39, 0.29) is 0 Å². The molecule has 0 amide bonds. The number of fused-ring (bicyclic) bond motifs is 1. The fourth-order valence-electron chi connectivity index (χ4n) is 2.28.